The monoisotopic (exact) mass is 344 g/mol. The number of hydrogen-bond acceptors (Lipinski definition) is 0. The van der Waals surface area contributed by atoms with Crippen LogP contribution in [0.5, 0.6) is 0 Å². The van der Waals surface area contributed by atoms with Crippen LogP contribution in [0.15, 0.2) is 0 Å². The first-order chi connectivity index (χ1) is 11.7. The SMILES string of the molecule is CCCC12CC[C@H](C)[C@@]1(C)CCC1C2CC[C@]2(C)C[C@@H](C)CC[C@]12C. The Morgan fingerprint density at radius 3 is 2.16 bits per heavy atom. The third kappa shape index (κ3) is 2.18. The van der Waals surface area contributed by atoms with Crippen LogP contribution >= 0.6 is 0 Å². The first kappa shape index (κ1) is 18.4. The van der Waals surface area contributed by atoms with Crippen molar-refractivity contribution in [2.45, 2.75) is 112 Å². The summed E-state index contributed by atoms with van der Waals surface area (Å²) < 4.78 is 0. The van der Waals surface area contributed by atoms with E-state index in [1.165, 1.54) is 57.8 Å². The third-order valence-electron chi connectivity index (χ3n) is 11.3. The van der Waals surface area contributed by atoms with E-state index < -0.39 is 0 Å². The van der Waals surface area contributed by atoms with Crippen molar-refractivity contribution in [3.05, 3.63) is 0 Å². The average Bonchev–Trinajstić information content (AvgIpc) is 2.82. The molecule has 0 bridgehead atoms. The Hall–Kier alpha value is 0. The molecule has 4 rings (SSSR count). The van der Waals surface area contributed by atoms with Gasteiger partial charge in [-0.1, -0.05) is 54.4 Å². The topological polar surface area (TPSA) is 0 Å². The first-order valence-electron chi connectivity index (χ1n) is 11.7. The fraction of sp³-hybridized carbons (Fsp3) is 1.00. The van der Waals surface area contributed by atoms with E-state index in [1.54, 1.807) is 12.8 Å². The Morgan fingerprint density at radius 1 is 0.760 bits per heavy atom. The molecule has 0 aromatic carbocycles. The Bertz CT molecular complexity index is 518. The second-order valence-corrected chi connectivity index (χ2v) is 11.9. The lowest BCUT2D eigenvalue weighted by atomic mass is 9.36. The molecule has 0 aliphatic heterocycles. The summed E-state index contributed by atoms with van der Waals surface area (Å²) in [6.07, 6.45) is 16.6. The van der Waals surface area contributed by atoms with Gasteiger partial charge in [0.15, 0.2) is 0 Å². The van der Waals surface area contributed by atoms with Gasteiger partial charge in [-0.3, -0.25) is 0 Å². The van der Waals surface area contributed by atoms with Gasteiger partial charge in [0, 0.05) is 0 Å². The summed E-state index contributed by atoms with van der Waals surface area (Å²) >= 11 is 0. The highest BCUT2D eigenvalue weighted by Gasteiger charge is 2.67. The van der Waals surface area contributed by atoms with Crippen LogP contribution in [0.3, 0.4) is 0 Å². The predicted octanol–water partition coefficient (Wildman–Crippen LogP) is 7.86. The number of rotatable bonds is 2. The van der Waals surface area contributed by atoms with Crippen molar-refractivity contribution < 1.29 is 0 Å². The van der Waals surface area contributed by atoms with Crippen LogP contribution in [0.4, 0.5) is 0 Å². The zero-order valence-electron chi connectivity index (χ0n) is 18.1. The molecule has 0 amide bonds. The maximum atomic E-state index is 2.75. The van der Waals surface area contributed by atoms with Gasteiger partial charge in [-0.15, -0.1) is 0 Å². The van der Waals surface area contributed by atoms with Crippen LogP contribution in [0.1, 0.15) is 112 Å². The summed E-state index contributed by atoms with van der Waals surface area (Å²) in [4.78, 5) is 0. The Labute approximate surface area is 157 Å². The molecule has 4 aliphatic carbocycles. The fourth-order valence-corrected chi connectivity index (χ4v) is 9.44. The molecule has 4 fully saturated rings. The molecule has 0 radical (unpaired) electrons. The molecule has 0 saturated heterocycles. The zero-order valence-corrected chi connectivity index (χ0v) is 18.1. The highest BCUT2D eigenvalue weighted by molar-refractivity contribution is 5.16. The molecular weight excluding hydrogens is 300 g/mol. The molecule has 0 spiro atoms. The summed E-state index contributed by atoms with van der Waals surface area (Å²) in [6, 6.07) is 0. The van der Waals surface area contributed by atoms with Gasteiger partial charge in [0.1, 0.15) is 0 Å². The van der Waals surface area contributed by atoms with E-state index in [1.807, 2.05) is 0 Å². The Morgan fingerprint density at radius 2 is 1.44 bits per heavy atom. The van der Waals surface area contributed by atoms with Gasteiger partial charge >= 0.3 is 0 Å². The van der Waals surface area contributed by atoms with Crippen molar-refractivity contribution in [2.75, 3.05) is 0 Å². The van der Waals surface area contributed by atoms with E-state index in [2.05, 4.69) is 41.5 Å². The zero-order chi connectivity index (χ0) is 18.1. The smallest absolute Gasteiger partial charge is 0.0210 e. The van der Waals surface area contributed by atoms with Gasteiger partial charge in [-0.2, -0.15) is 0 Å². The summed E-state index contributed by atoms with van der Waals surface area (Å²) in [6.45, 7) is 15.7. The second-order valence-electron chi connectivity index (χ2n) is 11.9. The van der Waals surface area contributed by atoms with Crippen LogP contribution < -0.4 is 0 Å². The minimum atomic E-state index is 0.621. The van der Waals surface area contributed by atoms with Crippen molar-refractivity contribution in [3.8, 4) is 0 Å². The third-order valence-corrected chi connectivity index (χ3v) is 11.3. The van der Waals surface area contributed by atoms with Gasteiger partial charge in [-0.05, 0) is 103 Å². The van der Waals surface area contributed by atoms with Crippen molar-refractivity contribution in [1.29, 1.82) is 0 Å². The molecule has 0 heterocycles. The molecular formula is C25H44. The van der Waals surface area contributed by atoms with Crippen LogP contribution in [0.2, 0.25) is 0 Å². The van der Waals surface area contributed by atoms with Crippen LogP contribution in [-0.4, -0.2) is 0 Å². The van der Waals surface area contributed by atoms with Crippen LogP contribution in [0.25, 0.3) is 0 Å². The van der Waals surface area contributed by atoms with E-state index in [0.717, 1.165) is 23.7 Å². The molecule has 4 aliphatic rings. The van der Waals surface area contributed by atoms with E-state index >= 15 is 0 Å². The molecule has 0 heteroatoms. The van der Waals surface area contributed by atoms with Gasteiger partial charge in [0.2, 0.25) is 0 Å². The summed E-state index contributed by atoms with van der Waals surface area (Å²) in [5.41, 5.74) is 2.56. The lowest BCUT2D eigenvalue weighted by Crippen LogP contribution is -2.61. The van der Waals surface area contributed by atoms with Crippen molar-refractivity contribution in [1.82, 2.24) is 0 Å². The van der Waals surface area contributed by atoms with Crippen LogP contribution in [0, 0.1) is 45.3 Å². The molecule has 0 aromatic heterocycles. The number of hydrogen-bond donors (Lipinski definition) is 0. The Balaban J connectivity index is 1.74. The maximum absolute atomic E-state index is 2.75. The standard InChI is InChI=1S/C25H44/c1-7-12-25-16-9-19(3)23(25,5)15-11-20-21(25)10-13-22(4)17-18(2)8-14-24(20,22)6/h18-21H,7-17H2,1-6H3/t18-,19-,20?,21?,22+,23+,24+,25?/m0/s1. The summed E-state index contributed by atoms with van der Waals surface area (Å²) in [5.74, 6) is 3.96. The van der Waals surface area contributed by atoms with Crippen molar-refractivity contribution in [2.24, 2.45) is 45.3 Å². The number of fused-ring (bicyclic) bond motifs is 5. The molecule has 144 valence electrons. The van der Waals surface area contributed by atoms with Gasteiger partial charge in [0.05, 0.1) is 0 Å². The van der Waals surface area contributed by atoms with Crippen molar-refractivity contribution >= 4 is 0 Å². The quantitative estimate of drug-likeness (QED) is 0.478. The average molecular weight is 345 g/mol. The molecule has 0 nitrogen and oxygen atoms in total. The molecule has 8 atom stereocenters. The highest BCUT2D eigenvalue weighted by Crippen LogP contribution is 2.76. The predicted molar refractivity (Wildman–Crippen MR) is 109 cm³/mol. The van der Waals surface area contributed by atoms with Gasteiger partial charge in [-0.25, -0.2) is 0 Å². The van der Waals surface area contributed by atoms with E-state index in [0.29, 0.717) is 21.7 Å². The lowest BCUT2D eigenvalue weighted by molar-refractivity contribution is -0.195. The van der Waals surface area contributed by atoms with E-state index in [9.17, 15) is 0 Å². The second kappa shape index (κ2) is 5.75. The normalized spacial score (nSPS) is 58.3. The molecule has 4 saturated carbocycles. The van der Waals surface area contributed by atoms with Gasteiger partial charge < -0.3 is 0 Å². The minimum Gasteiger partial charge on any atom is -0.0654 e. The van der Waals surface area contributed by atoms with E-state index in [4.69, 9.17) is 0 Å². The molecule has 0 N–H and O–H groups in total. The Kier molecular flexibility index (Phi) is 4.22. The van der Waals surface area contributed by atoms with Gasteiger partial charge in [0.25, 0.3) is 0 Å². The molecule has 3 unspecified atom stereocenters. The lowest BCUT2D eigenvalue weighted by Gasteiger charge is -2.68. The van der Waals surface area contributed by atoms with Crippen LogP contribution in [-0.2, 0) is 0 Å². The first-order valence-corrected chi connectivity index (χ1v) is 11.7. The minimum absolute atomic E-state index is 0.621. The molecule has 0 aromatic rings. The fourth-order valence-electron chi connectivity index (χ4n) is 9.44. The highest BCUT2D eigenvalue weighted by atomic mass is 14.7. The van der Waals surface area contributed by atoms with Crippen molar-refractivity contribution in [3.63, 3.8) is 0 Å². The largest absolute Gasteiger partial charge is 0.0654 e. The maximum Gasteiger partial charge on any atom is -0.0210 e. The summed E-state index contributed by atoms with van der Waals surface area (Å²) in [7, 11) is 0. The van der Waals surface area contributed by atoms with E-state index in [-0.39, 0.29) is 0 Å². The molecule has 25 heavy (non-hydrogen) atoms. The summed E-state index contributed by atoms with van der Waals surface area (Å²) in [5, 5.41) is 0.